The lowest BCUT2D eigenvalue weighted by atomic mass is 9.97. The molecule has 27 heavy (non-hydrogen) atoms. The third-order valence-corrected chi connectivity index (χ3v) is 5.83. The molecule has 2 N–H and O–H groups in total. The summed E-state index contributed by atoms with van der Waals surface area (Å²) in [7, 11) is 0. The number of nitrogens with zero attached hydrogens (tertiary/aromatic N) is 1. The van der Waals surface area contributed by atoms with E-state index < -0.39 is 0 Å². The van der Waals surface area contributed by atoms with Crippen LogP contribution in [0.15, 0.2) is 24.3 Å². The maximum atomic E-state index is 12.5. The van der Waals surface area contributed by atoms with Gasteiger partial charge in [0.05, 0.1) is 6.04 Å². The first kappa shape index (κ1) is 20.2. The average molecular weight is 392 g/mol. The largest absolute Gasteiger partial charge is 0.354 e. The number of benzene rings is 1. The van der Waals surface area contributed by atoms with Crippen molar-refractivity contribution in [3.05, 3.63) is 34.9 Å². The van der Waals surface area contributed by atoms with E-state index in [1.54, 1.807) is 0 Å². The quantitative estimate of drug-likeness (QED) is 0.751. The van der Waals surface area contributed by atoms with Crippen LogP contribution < -0.4 is 10.6 Å². The van der Waals surface area contributed by atoms with Crippen molar-refractivity contribution < 1.29 is 9.59 Å². The van der Waals surface area contributed by atoms with Crippen LogP contribution in [0.25, 0.3) is 0 Å². The standard InChI is InChI=1S/C21H30ClN3O2/c22-18-10-8-16(9-11-18)4-1-7-20(26)25-13-3-5-17(15-25)14-24-21(27)19-6-2-12-23-19/h8-11,17,19,23H,1-7,12-15H2,(H,24,27). The zero-order valence-corrected chi connectivity index (χ0v) is 16.6. The number of nitrogens with one attached hydrogen (secondary N) is 2. The van der Waals surface area contributed by atoms with E-state index in [-0.39, 0.29) is 17.9 Å². The zero-order valence-electron chi connectivity index (χ0n) is 15.9. The third-order valence-electron chi connectivity index (χ3n) is 5.58. The van der Waals surface area contributed by atoms with Gasteiger partial charge in [0.2, 0.25) is 11.8 Å². The minimum Gasteiger partial charge on any atom is -0.354 e. The van der Waals surface area contributed by atoms with Crippen molar-refractivity contribution in [2.45, 2.75) is 51.0 Å². The highest BCUT2D eigenvalue weighted by atomic mass is 35.5. The molecule has 2 amide bonds. The summed E-state index contributed by atoms with van der Waals surface area (Å²) in [5.41, 5.74) is 1.21. The van der Waals surface area contributed by atoms with Gasteiger partial charge in [0.25, 0.3) is 0 Å². The monoisotopic (exact) mass is 391 g/mol. The summed E-state index contributed by atoms with van der Waals surface area (Å²) in [6, 6.07) is 7.79. The Labute approximate surface area is 166 Å². The van der Waals surface area contributed by atoms with E-state index in [2.05, 4.69) is 10.6 Å². The van der Waals surface area contributed by atoms with Crippen LogP contribution in [0.1, 0.15) is 44.1 Å². The van der Waals surface area contributed by atoms with Crippen LogP contribution in [-0.4, -0.2) is 48.9 Å². The van der Waals surface area contributed by atoms with Gasteiger partial charge in [-0.1, -0.05) is 23.7 Å². The van der Waals surface area contributed by atoms with Crippen molar-refractivity contribution in [3.63, 3.8) is 0 Å². The number of piperidine rings is 1. The van der Waals surface area contributed by atoms with Crippen LogP contribution in [0.5, 0.6) is 0 Å². The van der Waals surface area contributed by atoms with Gasteiger partial charge in [-0.3, -0.25) is 9.59 Å². The van der Waals surface area contributed by atoms with E-state index in [4.69, 9.17) is 11.6 Å². The molecule has 3 rings (SSSR count). The number of aryl methyl sites for hydroxylation is 1. The molecule has 2 heterocycles. The summed E-state index contributed by atoms with van der Waals surface area (Å²) in [6.07, 6.45) is 6.41. The minimum absolute atomic E-state index is 0.0285. The summed E-state index contributed by atoms with van der Waals surface area (Å²) in [5.74, 6) is 0.709. The van der Waals surface area contributed by atoms with E-state index in [1.165, 1.54) is 5.56 Å². The van der Waals surface area contributed by atoms with Crippen LogP contribution in [0.4, 0.5) is 0 Å². The molecule has 0 aromatic heterocycles. The maximum Gasteiger partial charge on any atom is 0.237 e. The Bertz CT molecular complexity index is 629. The number of hydrogen-bond donors (Lipinski definition) is 2. The van der Waals surface area contributed by atoms with Gasteiger partial charge in [0.15, 0.2) is 0 Å². The van der Waals surface area contributed by atoms with E-state index in [0.29, 0.717) is 18.9 Å². The van der Waals surface area contributed by atoms with Crippen LogP contribution in [0, 0.1) is 5.92 Å². The second-order valence-corrected chi connectivity index (χ2v) is 8.16. The first-order valence-electron chi connectivity index (χ1n) is 10.1. The highest BCUT2D eigenvalue weighted by Gasteiger charge is 2.26. The van der Waals surface area contributed by atoms with Crippen molar-refractivity contribution in [3.8, 4) is 0 Å². The Hall–Kier alpha value is -1.59. The summed E-state index contributed by atoms with van der Waals surface area (Å²) in [5, 5.41) is 7.04. The number of likely N-dealkylation sites (tertiary alicyclic amines) is 1. The summed E-state index contributed by atoms with van der Waals surface area (Å²) >= 11 is 5.90. The number of rotatable bonds is 7. The van der Waals surface area contributed by atoms with Crippen LogP contribution in [-0.2, 0) is 16.0 Å². The summed E-state index contributed by atoms with van der Waals surface area (Å²) < 4.78 is 0. The fourth-order valence-electron chi connectivity index (χ4n) is 3.99. The Balaban J connectivity index is 1.37. The lowest BCUT2D eigenvalue weighted by Crippen LogP contribution is -2.46. The lowest BCUT2D eigenvalue weighted by molar-refractivity contribution is -0.133. The van der Waals surface area contributed by atoms with Gasteiger partial charge in [-0.05, 0) is 68.7 Å². The Morgan fingerprint density at radius 3 is 2.74 bits per heavy atom. The van der Waals surface area contributed by atoms with E-state index in [9.17, 15) is 9.59 Å². The zero-order chi connectivity index (χ0) is 19.1. The highest BCUT2D eigenvalue weighted by molar-refractivity contribution is 6.30. The molecule has 5 nitrogen and oxygen atoms in total. The van der Waals surface area contributed by atoms with E-state index in [0.717, 1.165) is 63.2 Å². The Kier molecular flexibility index (Phi) is 7.53. The molecule has 0 bridgehead atoms. The molecule has 6 heteroatoms. The molecule has 2 saturated heterocycles. The number of hydrogen-bond acceptors (Lipinski definition) is 3. The number of carbonyl (C=O) groups is 2. The van der Waals surface area contributed by atoms with Crippen LogP contribution in [0.3, 0.4) is 0 Å². The third kappa shape index (κ3) is 6.22. The molecule has 0 radical (unpaired) electrons. The molecule has 2 unspecified atom stereocenters. The van der Waals surface area contributed by atoms with Crippen LogP contribution in [0.2, 0.25) is 5.02 Å². The number of carbonyl (C=O) groups excluding carboxylic acids is 2. The van der Waals surface area contributed by atoms with Gasteiger partial charge in [-0.25, -0.2) is 0 Å². The molecule has 2 fully saturated rings. The molecule has 2 aliphatic rings. The summed E-state index contributed by atoms with van der Waals surface area (Å²) in [4.78, 5) is 26.7. The number of halogens is 1. The van der Waals surface area contributed by atoms with Crippen molar-refractivity contribution in [1.82, 2.24) is 15.5 Å². The van der Waals surface area contributed by atoms with Crippen LogP contribution >= 0.6 is 11.6 Å². The molecule has 2 aliphatic heterocycles. The topological polar surface area (TPSA) is 61.4 Å². The second-order valence-electron chi connectivity index (χ2n) is 7.72. The van der Waals surface area contributed by atoms with Gasteiger partial charge in [0.1, 0.15) is 0 Å². The molecule has 1 aromatic rings. The van der Waals surface area contributed by atoms with Crippen molar-refractivity contribution in [2.75, 3.05) is 26.2 Å². The minimum atomic E-state index is -0.0285. The Morgan fingerprint density at radius 1 is 1.19 bits per heavy atom. The van der Waals surface area contributed by atoms with Gasteiger partial charge in [-0.15, -0.1) is 0 Å². The smallest absolute Gasteiger partial charge is 0.237 e. The molecule has 0 aliphatic carbocycles. The van der Waals surface area contributed by atoms with Gasteiger partial charge < -0.3 is 15.5 Å². The predicted molar refractivity (Wildman–Crippen MR) is 108 cm³/mol. The SMILES string of the molecule is O=C(NCC1CCCN(C(=O)CCCc2ccc(Cl)cc2)C1)C1CCCN1. The van der Waals surface area contributed by atoms with Crippen molar-refractivity contribution >= 4 is 23.4 Å². The van der Waals surface area contributed by atoms with E-state index >= 15 is 0 Å². The predicted octanol–water partition coefficient (Wildman–Crippen LogP) is 2.77. The maximum absolute atomic E-state index is 12.5. The van der Waals surface area contributed by atoms with Gasteiger partial charge in [-0.2, -0.15) is 0 Å². The average Bonchev–Trinajstić information content (AvgIpc) is 3.23. The second kappa shape index (κ2) is 10.1. The highest BCUT2D eigenvalue weighted by Crippen LogP contribution is 2.18. The normalized spacial score (nSPS) is 22.6. The Morgan fingerprint density at radius 2 is 2.00 bits per heavy atom. The number of amides is 2. The fourth-order valence-corrected chi connectivity index (χ4v) is 4.11. The van der Waals surface area contributed by atoms with Crippen molar-refractivity contribution in [2.24, 2.45) is 5.92 Å². The molecule has 148 valence electrons. The van der Waals surface area contributed by atoms with Crippen molar-refractivity contribution in [1.29, 1.82) is 0 Å². The molecule has 1 aromatic carbocycles. The van der Waals surface area contributed by atoms with Gasteiger partial charge >= 0.3 is 0 Å². The first-order valence-corrected chi connectivity index (χ1v) is 10.5. The fraction of sp³-hybridized carbons (Fsp3) is 0.619. The lowest BCUT2D eigenvalue weighted by Gasteiger charge is -2.33. The van der Waals surface area contributed by atoms with E-state index in [1.807, 2.05) is 29.2 Å². The molecule has 0 saturated carbocycles. The first-order chi connectivity index (χ1) is 13.1. The molecular formula is C21H30ClN3O2. The molecule has 0 spiro atoms. The summed E-state index contributed by atoms with van der Waals surface area (Å²) in [6.45, 7) is 3.21. The molecular weight excluding hydrogens is 362 g/mol. The van der Waals surface area contributed by atoms with Gasteiger partial charge in [0, 0.05) is 31.1 Å². The molecule has 2 atom stereocenters.